The van der Waals surface area contributed by atoms with Gasteiger partial charge in [-0.15, -0.1) is 11.3 Å². The maximum atomic E-state index is 5.39. The van der Waals surface area contributed by atoms with Crippen molar-refractivity contribution in [3.8, 4) is 16.3 Å². The third-order valence-electron chi connectivity index (χ3n) is 3.34. The molecule has 1 atom stereocenters. The molecule has 4 heteroatoms. The van der Waals surface area contributed by atoms with Gasteiger partial charge in [0.15, 0.2) is 0 Å². The van der Waals surface area contributed by atoms with Crippen LogP contribution in [0.1, 0.15) is 18.0 Å². The number of para-hydroxylation sites is 1. The van der Waals surface area contributed by atoms with E-state index in [1.54, 1.807) is 18.4 Å². The molecule has 18 heavy (non-hydrogen) atoms. The van der Waals surface area contributed by atoms with Crippen molar-refractivity contribution in [2.75, 3.05) is 20.2 Å². The Hall–Kier alpha value is -1.39. The fraction of sp³-hybridized carbons (Fsp3) is 0.357. The van der Waals surface area contributed by atoms with Crippen molar-refractivity contribution >= 4 is 11.3 Å². The first kappa shape index (κ1) is 11.7. The Kier molecular flexibility index (Phi) is 3.30. The van der Waals surface area contributed by atoms with Crippen LogP contribution in [0.15, 0.2) is 29.6 Å². The van der Waals surface area contributed by atoms with E-state index in [0.717, 1.165) is 29.4 Å². The number of benzene rings is 1. The highest BCUT2D eigenvalue weighted by atomic mass is 32.1. The van der Waals surface area contributed by atoms with Gasteiger partial charge in [-0.05, 0) is 25.1 Å². The summed E-state index contributed by atoms with van der Waals surface area (Å²) in [5.74, 6) is 1.47. The molecule has 1 aliphatic rings. The number of ether oxygens (including phenoxy) is 1. The van der Waals surface area contributed by atoms with Gasteiger partial charge in [0.05, 0.1) is 18.4 Å². The molecule has 0 bridgehead atoms. The number of hydrogen-bond donors (Lipinski definition) is 1. The molecule has 0 saturated carbocycles. The molecule has 1 unspecified atom stereocenters. The lowest BCUT2D eigenvalue weighted by molar-refractivity contribution is 0.416. The van der Waals surface area contributed by atoms with Crippen LogP contribution in [0, 0.1) is 0 Å². The molecule has 0 aliphatic carbocycles. The van der Waals surface area contributed by atoms with Gasteiger partial charge in [-0.3, -0.25) is 0 Å². The van der Waals surface area contributed by atoms with E-state index >= 15 is 0 Å². The predicted octanol–water partition coefficient (Wildman–Crippen LogP) is 2.90. The lowest BCUT2D eigenvalue weighted by Gasteiger charge is -2.05. The first-order valence-electron chi connectivity index (χ1n) is 6.18. The monoisotopic (exact) mass is 260 g/mol. The topological polar surface area (TPSA) is 34.1 Å². The van der Waals surface area contributed by atoms with E-state index in [4.69, 9.17) is 9.72 Å². The van der Waals surface area contributed by atoms with Crippen LogP contribution in [0.3, 0.4) is 0 Å². The standard InChI is InChI=1S/C14H16N2OS/c1-17-13-5-3-2-4-11(13)14-16-12(9-18-14)10-6-7-15-8-10/h2-5,9-10,15H,6-8H2,1H3. The minimum atomic E-state index is 0.574. The summed E-state index contributed by atoms with van der Waals surface area (Å²) < 4.78 is 5.39. The van der Waals surface area contributed by atoms with Crippen molar-refractivity contribution in [2.24, 2.45) is 0 Å². The molecular weight excluding hydrogens is 244 g/mol. The molecule has 1 aliphatic heterocycles. The van der Waals surface area contributed by atoms with E-state index < -0.39 is 0 Å². The number of thiazole rings is 1. The molecule has 1 N–H and O–H groups in total. The summed E-state index contributed by atoms with van der Waals surface area (Å²) >= 11 is 1.70. The van der Waals surface area contributed by atoms with Crippen LogP contribution in [0.4, 0.5) is 0 Å². The van der Waals surface area contributed by atoms with Crippen LogP contribution in [0.5, 0.6) is 5.75 Å². The molecule has 0 radical (unpaired) electrons. The SMILES string of the molecule is COc1ccccc1-c1nc(C2CCNC2)cs1. The molecule has 1 aromatic heterocycles. The third kappa shape index (κ3) is 2.13. The van der Waals surface area contributed by atoms with Gasteiger partial charge in [-0.2, -0.15) is 0 Å². The van der Waals surface area contributed by atoms with Crippen molar-refractivity contribution in [2.45, 2.75) is 12.3 Å². The first-order valence-corrected chi connectivity index (χ1v) is 7.06. The molecule has 2 heterocycles. The van der Waals surface area contributed by atoms with E-state index in [0.29, 0.717) is 5.92 Å². The van der Waals surface area contributed by atoms with Crippen LogP contribution < -0.4 is 10.1 Å². The molecule has 3 nitrogen and oxygen atoms in total. The number of nitrogens with one attached hydrogen (secondary N) is 1. The summed E-state index contributed by atoms with van der Waals surface area (Å²) in [6, 6.07) is 8.05. The van der Waals surface area contributed by atoms with Gasteiger partial charge in [0.25, 0.3) is 0 Å². The lowest BCUT2D eigenvalue weighted by atomic mass is 10.1. The Morgan fingerprint density at radius 1 is 1.39 bits per heavy atom. The highest BCUT2D eigenvalue weighted by molar-refractivity contribution is 7.13. The smallest absolute Gasteiger partial charge is 0.129 e. The van der Waals surface area contributed by atoms with Crippen molar-refractivity contribution in [1.82, 2.24) is 10.3 Å². The highest BCUT2D eigenvalue weighted by Gasteiger charge is 2.20. The van der Waals surface area contributed by atoms with Crippen molar-refractivity contribution in [3.05, 3.63) is 35.3 Å². The number of hydrogen-bond acceptors (Lipinski definition) is 4. The Morgan fingerprint density at radius 2 is 2.28 bits per heavy atom. The molecule has 1 aromatic carbocycles. The minimum Gasteiger partial charge on any atom is -0.496 e. The van der Waals surface area contributed by atoms with E-state index in [1.165, 1.54) is 12.1 Å². The van der Waals surface area contributed by atoms with Crippen LogP contribution in [-0.4, -0.2) is 25.2 Å². The summed E-state index contributed by atoms with van der Waals surface area (Å²) in [6.07, 6.45) is 1.19. The van der Waals surface area contributed by atoms with Gasteiger partial charge in [0.1, 0.15) is 10.8 Å². The summed E-state index contributed by atoms with van der Waals surface area (Å²) in [6.45, 7) is 2.15. The third-order valence-corrected chi connectivity index (χ3v) is 4.23. The molecule has 1 fully saturated rings. The molecule has 2 aromatic rings. The zero-order valence-corrected chi connectivity index (χ0v) is 11.2. The van der Waals surface area contributed by atoms with E-state index in [9.17, 15) is 0 Å². The van der Waals surface area contributed by atoms with Gasteiger partial charge in [0, 0.05) is 17.8 Å². The van der Waals surface area contributed by atoms with Gasteiger partial charge < -0.3 is 10.1 Å². The lowest BCUT2D eigenvalue weighted by Crippen LogP contribution is -2.08. The summed E-state index contributed by atoms with van der Waals surface area (Å²) in [5.41, 5.74) is 2.30. The van der Waals surface area contributed by atoms with E-state index in [-0.39, 0.29) is 0 Å². The first-order chi connectivity index (χ1) is 8.88. The molecule has 3 rings (SSSR count). The maximum absolute atomic E-state index is 5.39. The fourth-order valence-electron chi connectivity index (χ4n) is 2.33. The van der Waals surface area contributed by atoms with Gasteiger partial charge >= 0.3 is 0 Å². The predicted molar refractivity (Wildman–Crippen MR) is 74.3 cm³/mol. The summed E-state index contributed by atoms with van der Waals surface area (Å²) in [7, 11) is 1.70. The molecule has 0 amide bonds. The zero-order chi connectivity index (χ0) is 12.4. The number of methoxy groups -OCH3 is 1. The minimum absolute atomic E-state index is 0.574. The second kappa shape index (κ2) is 5.08. The van der Waals surface area contributed by atoms with E-state index in [1.807, 2.05) is 18.2 Å². The number of rotatable bonds is 3. The molecule has 94 valence electrons. The van der Waals surface area contributed by atoms with E-state index in [2.05, 4.69) is 16.8 Å². The van der Waals surface area contributed by atoms with Gasteiger partial charge in [0.2, 0.25) is 0 Å². The van der Waals surface area contributed by atoms with Crippen molar-refractivity contribution in [1.29, 1.82) is 0 Å². The zero-order valence-electron chi connectivity index (χ0n) is 10.3. The van der Waals surface area contributed by atoms with Crippen LogP contribution in [0.2, 0.25) is 0 Å². The van der Waals surface area contributed by atoms with Crippen LogP contribution >= 0.6 is 11.3 Å². The molecule has 1 saturated heterocycles. The second-order valence-electron chi connectivity index (χ2n) is 4.47. The highest BCUT2D eigenvalue weighted by Crippen LogP contribution is 2.34. The van der Waals surface area contributed by atoms with Gasteiger partial charge in [-0.25, -0.2) is 4.98 Å². The number of nitrogens with zero attached hydrogens (tertiary/aromatic N) is 1. The molecule has 0 spiro atoms. The summed E-state index contributed by atoms with van der Waals surface area (Å²) in [5, 5.41) is 6.61. The Labute approximate surface area is 111 Å². The Balaban J connectivity index is 1.92. The van der Waals surface area contributed by atoms with Crippen molar-refractivity contribution in [3.63, 3.8) is 0 Å². The average Bonchev–Trinajstić information content (AvgIpc) is 3.09. The normalized spacial score (nSPS) is 19.1. The quantitative estimate of drug-likeness (QED) is 0.921. The second-order valence-corrected chi connectivity index (χ2v) is 5.33. The van der Waals surface area contributed by atoms with Crippen LogP contribution in [0.25, 0.3) is 10.6 Å². The maximum Gasteiger partial charge on any atom is 0.129 e. The van der Waals surface area contributed by atoms with Crippen LogP contribution in [-0.2, 0) is 0 Å². The fourth-order valence-corrected chi connectivity index (χ4v) is 3.26. The van der Waals surface area contributed by atoms with Crippen molar-refractivity contribution < 1.29 is 4.74 Å². The Bertz CT molecular complexity index is 532. The Morgan fingerprint density at radius 3 is 3.06 bits per heavy atom. The average molecular weight is 260 g/mol. The largest absolute Gasteiger partial charge is 0.496 e. The number of aromatic nitrogens is 1. The molecular formula is C14H16N2OS. The summed E-state index contributed by atoms with van der Waals surface area (Å²) in [4.78, 5) is 4.77. The van der Waals surface area contributed by atoms with Gasteiger partial charge in [-0.1, -0.05) is 12.1 Å².